The van der Waals surface area contributed by atoms with Crippen LogP contribution in [-0.2, 0) is 0 Å². The summed E-state index contributed by atoms with van der Waals surface area (Å²) in [7, 11) is 0. The number of nitrogens with zero attached hydrogens (tertiary/aromatic N) is 3. The van der Waals surface area contributed by atoms with Crippen LogP contribution in [-0.4, -0.2) is 43.7 Å². The molecule has 0 atom stereocenters. The highest BCUT2D eigenvalue weighted by atomic mass is 19.1. The Morgan fingerprint density at radius 2 is 2.13 bits per heavy atom. The van der Waals surface area contributed by atoms with Crippen molar-refractivity contribution >= 4 is 28.2 Å². The van der Waals surface area contributed by atoms with Gasteiger partial charge < -0.3 is 15.4 Å². The lowest BCUT2D eigenvalue weighted by Gasteiger charge is -2.14. The van der Waals surface area contributed by atoms with Gasteiger partial charge in [-0.3, -0.25) is 9.48 Å². The average molecular weight is 413 g/mol. The van der Waals surface area contributed by atoms with Crippen molar-refractivity contribution in [2.24, 2.45) is 4.99 Å². The van der Waals surface area contributed by atoms with Gasteiger partial charge in [0, 0.05) is 22.5 Å². The summed E-state index contributed by atoms with van der Waals surface area (Å²) >= 11 is 0. The van der Waals surface area contributed by atoms with Crippen molar-refractivity contribution in [3.05, 3.63) is 41.7 Å². The second kappa shape index (κ2) is 8.30. The van der Waals surface area contributed by atoms with Crippen LogP contribution in [0.25, 0.3) is 10.9 Å². The van der Waals surface area contributed by atoms with E-state index in [1.54, 1.807) is 24.4 Å². The number of aromatic hydroxyl groups is 1. The first kappa shape index (κ1) is 21.5. The summed E-state index contributed by atoms with van der Waals surface area (Å²) in [5.74, 6) is -0.383. The lowest BCUT2D eigenvalue weighted by atomic mass is 10.0. The summed E-state index contributed by atoms with van der Waals surface area (Å²) in [6, 6.07) is 5.26. The van der Waals surface area contributed by atoms with Gasteiger partial charge in [-0.05, 0) is 52.3 Å². The van der Waals surface area contributed by atoms with Crippen molar-refractivity contribution < 1.29 is 14.3 Å². The van der Waals surface area contributed by atoms with E-state index in [1.165, 1.54) is 13.8 Å². The molecule has 7 nitrogen and oxygen atoms in total. The topological polar surface area (TPSA) is 95.3 Å². The fraction of sp³-hybridized carbons (Fsp3) is 0.409. The highest BCUT2D eigenvalue weighted by molar-refractivity contribution is 6.14. The Balaban J connectivity index is 2.00. The van der Waals surface area contributed by atoms with E-state index >= 15 is 0 Å². The summed E-state index contributed by atoms with van der Waals surface area (Å²) in [6.45, 7) is 8.74. The van der Waals surface area contributed by atoms with Gasteiger partial charge in [0.05, 0.1) is 30.2 Å². The van der Waals surface area contributed by atoms with Crippen LogP contribution < -0.4 is 5.32 Å². The zero-order valence-corrected chi connectivity index (χ0v) is 18.0. The third-order valence-corrected chi connectivity index (χ3v) is 4.71. The van der Waals surface area contributed by atoms with E-state index in [1.807, 2.05) is 31.6 Å². The van der Waals surface area contributed by atoms with Crippen LogP contribution in [0.15, 0.2) is 35.6 Å². The van der Waals surface area contributed by atoms with Gasteiger partial charge in [-0.25, -0.2) is 9.38 Å². The highest BCUT2D eigenvalue weighted by Crippen LogP contribution is 2.31. The second-order valence-corrected chi connectivity index (χ2v) is 8.19. The van der Waals surface area contributed by atoms with Gasteiger partial charge in [-0.1, -0.05) is 6.92 Å². The molecule has 0 unspecified atom stereocenters. The van der Waals surface area contributed by atoms with E-state index < -0.39 is 5.67 Å². The Morgan fingerprint density at radius 1 is 1.40 bits per heavy atom. The molecule has 30 heavy (non-hydrogen) atoms. The van der Waals surface area contributed by atoms with E-state index in [0.29, 0.717) is 39.8 Å². The van der Waals surface area contributed by atoms with Gasteiger partial charge in [0.25, 0.3) is 5.91 Å². The molecule has 0 fully saturated rings. The molecule has 0 saturated heterocycles. The van der Waals surface area contributed by atoms with Crippen molar-refractivity contribution in [3.63, 3.8) is 0 Å². The molecule has 3 aromatic rings. The van der Waals surface area contributed by atoms with Gasteiger partial charge in [0.15, 0.2) is 5.88 Å². The first-order valence-electron chi connectivity index (χ1n) is 10.0. The molecule has 0 aliphatic heterocycles. The van der Waals surface area contributed by atoms with Gasteiger partial charge in [0.2, 0.25) is 0 Å². The van der Waals surface area contributed by atoms with E-state index in [-0.39, 0.29) is 24.4 Å². The molecule has 2 aromatic heterocycles. The molecule has 1 amide bonds. The van der Waals surface area contributed by atoms with E-state index in [4.69, 9.17) is 0 Å². The zero-order valence-electron chi connectivity index (χ0n) is 18.0. The number of fused-ring (bicyclic) bond motifs is 1. The van der Waals surface area contributed by atoms with Gasteiger partial charge in [-0.15, -0.1) is 0 Å². The molecule has 0 saturated carbocycles. The Morgan fingerprint density at radius 3 is 2.73 bits per heavy atom. The van der Waals surface area contributed by atoms with Crippen LogP contribution >= 0.6 is 0 Å². The first-order valence-corrected chi connectivity index (χ1v) is 10.0. The normalized spacial score (nSPS) is 12.7. The number of aromatic amines is 1. The molecule has 8 heteroatoms. The largest absolute Gasteiger partial charge is 0.494 e. The van der Waals surface area contributed by atoms with E-state index in [2.05, 4.69) is 20.4 Å². The van der Waals surface area contributed by atoms with Crippen LogP contribution in [0.2, 0.25) is 0 Å². The first-order chi connectivity index (χ1) is 14.1. The molecule has 0 spiro atoms. The number of carbonyl (C=O) groups is 1. The molecule has 0 aliphatic carbocycles. The van der Waals surface area contributed by atoms with Crippen LogP contribution in [0.3, 0.4) is 0 Å². The van der Waals surface area contributed by atoms with Crippen LogP contribution in [0, 0.1) is 0 Å². The molecule has 0 aliphatic rings. The number of aliphatic imine (C=N–C) groups is 1. The maximum atomic E-state index is 13.7. The van der Waals surface area contributed by atoms with Gasteiger partial charge in [0.1, 0.15) is 11.4 Å². The third kappa shape index (κ3) is 4.69. The summed E-state index contributed by atoms with van der Waals surface area (Å²) in [4.78, 5) is 20.1. The lowest BCUT2D eigenvalue weighted by Crippen LogP contribution is -2.35. The number of rotatable bonds is 7. The van der Waals surface area contributed by atoms with Crippen molar-refractivity contribution in [1.82, 2.24) is 20.1 Å². The predicted molar refractivity (Wildman–Crippen MR) is 117 cm³/mol. The predicted octanol–water partition coefficient (Wildman–Crippen LogP) is 4.66. The molecule has 3 N–H and O–H groups in total. The lowest BCUT2D eigenvalue weighted by molar-refractivity contribution is 0.0921. The molecule has 3 rings (SSSR count). The Hall–Kier alpha value is -3.16. The Bertz CT molecular complexity index is 1090. The standard InChI is InChI=1S/C22H28FN5O2/c1-6-17(26-15-10-25-28(11-15)13(2)3)19-16-9-14(7-8-18(16)27-21(19)30)20(29)24-12-22(4,5)23/h7-11,13,27,30H,6,12H2,1-5H3,(H,24,29). The molecule has 1 aromatic carbocycles. The smallest absolute Gasteiger partial charge is 0.251 e. The van der Waals surface area contributed by atoms with E-state index in [9.17, 15) is 14.3 Å². The number of aromatic nitrogens is 3. The van der Waals surface area contributed by atoms with Crippen molar-refractivity contribution in [2.45, 2.75) is 52.8 Å². The summed E-state index contributed by atoms with van der Waals surface area (Å²) in [5.41, 5.74) is 1.47. The van der Waals surface area contributed by atoms with Crippen LogP contribution in [0.4, 0.5) is 10.1 Å². The SMILES string of the molecule is CCC(=Nc1cnn(C(C)C)c1)c1c(O)[nH]c2ccc(C(=O)NCC(C)(C)F)cc12. The number of halogens is 1. The van der Waals surface area contributed by atoms with Crippen LogP contribution in [0.5, 0.6) is 5.88 Å². The molecule has 160 valence electrons. The number of hydrogen-bond donors (Lipinski definition) is 3. The number of amides is 1. The summed E-state index contributed by atoms with van der Waals surface area (Å²) in [5, 5.41) is 18.1. The minimum atomic E-state index is -1.50. The fourth-order valence-corrected chi connectivity index (χ4v) is 3.14. The molecular formula is C22H28FN5O2. The molecule has 0 radical (unpaired) electrons. The number of carbonyl (C=O) groups excluding carboxylic acids is 1. The van der Waals surface area contributed by atoms with Crippen molar-refractivity contribution in [1.29, 1.82) is 0 Å². The third-order valence-electron chi connectivity index (χ3n) is 4.71. The average Bonchev–Trinajstić information content (AvgIpc) is 3.27. The second-order valence-electron chi connectivity index (χ2n) is 8.19. The zero-order chi connectivity index (χ0) is 22.1. The number of H-pyrrole nitrogens is 1. The summed E-state index contributed by atoms with van der Waals surface area (Å²) < 4.78 is 15.5. The van der Waals surface area contributed by atoms with Crippen molar-refractivity contribution in [2.75, 3.05) is 6.54 Å². The minimum Gasteiger partial charge on any atom is -0.494 e. The number of benzene rings is 1. The van der Waals surface area contributed by atoms with E-state index in [0.717, 1.165) is 0 Å². The maximum Gasteiger partial charge on any atom is 0.251 e. The van der Waals surface area contributed by atoms with Gasteiger partial charge in [-0.2, -0.15) is 5.10 Å². The quantitative estimate of drug-likeness (QED) is 0.492. The minimum absolute atomic E-state index is 0.00991. The Kier molecular flexibility index (Phi) is 5.96. The highest BCUT2D eigenvalue weighted by Gasteiger charge is 2.20. The monoisotopic (exact) mass is 413 g/mol. The maximum absolute atomic E-state index is 13.7. The molecular weight excluding hydrogens is 385 g/mol. The molecule has 0 bridgehead atoms. The number of nitrogens with one attached hydrogen (secondary N) is 2. The van der Waals surface area contributed by atoms with Crippen molar-refractivity contribution in [3.8, 4) is 5.88 Å². The fourth-order valence-electron chi connectivity index (χ4n) is 3.14. The Labute approximate surface area is 175 Å². The molecule has 2 heterocycles. The number of alkyl halides is 1. The number of hydrogen-bond acceptors (Lipinski definition) is 4. The van der Waals surface area contributed by atoms with Crippen LogP contribution in [0.1, 0.15) is 63.0 Å². The summed E-state index contributed by atoms with van der Waals surface area (Å²) in [6.07, 6.45) is 4.10. The van der Waals surface area contributed by atoms with Gasteiger partial charge >= 0.3 is 0 Å².